The Morgan fingerprint density at radius 2 is 1.75 bits per heavy atom. The van der Waals surface area contributed by atoms with Crippen molar-refractivity contribution in [3.63, 3.8) is 0 Å². The van der Waals surface area contributed by atoms with Gasteiger partial charge in [-0.25, -0.2) is 0 Å². The van der Waals surface area contributed by atoms with Crippen LogP contribution in [0.15, 0.2) is 0 Å². The molecule has 2 heteroatoms. The summed E-state index contributed by atoms with van der Waals surface area (Å²) in [4.78, 5) is 11.8. The van der Waals surface area contributed by atoms with E-state index in [0.29, 0.717) is 5.41 Å². The third-order valence-electron chi connectivity index (χ3n) is 3.87. The van der Waals surface area contributed by atoms with Crippen molar-refractivity contribution in [3.05, 3.63) is 0 Å². The molecule has 0 spiro atoms. The smallest absolute Gasteiger partial charge is 0.223 e. The molecule has 1 fully saturated rings. The summed E-state index contributed by atoms with van der Waals surface area (Å²) in [6, 6.07) is 0. The van der Waals surface area contributed by atoms with E-state index in [-0.39, 0.29) is 11.8 Å². The fourth-order valence-corrected chi connectivity index (χ4v) is 2.61. The first-order chi connectivity index (χ1) is 7.45. The molecule has 1 rings (SSSR count). The lowest BCUT2D eigenvalue weighted by Gasteiger charge is -2.36. The Bertz CT molecular complexity index is 221. The highest BCUT2D eigenvalue weighted by Crippen LogP contribution is 2.39. The van der Waals surface area contributed by atoms with E-state index in [1.807, 2.05) is 0 Å². The Balaban J connectivity index is 2.34. The Morgan fingerprint density at radius 1 is 1.19 bits per heavy atom. The van der Waals surface area contributed by atoms with E-state index >= 15 is 0 Å². The van der Waals surface area contributed by atoms with Crippen LogP contribution in [0.5, 0.6) is 0 Å². The lowest BCUT2D eigenvalue weighted by Crippen LogP contribution is -2.35. The van der Waals surface area contributed by atoms with Gasteiger partial charge in [0.2, 0.25) is 5.91 Å². The standard InChI is InChI=1S/C14H27NO/c1-5-10-15-13(16)11-6-8-12(9-7-11)14(2,3)4/h11-12H,5-10H2,1-4H3,(H,15,16). The molecule has 0 radical (unpaired) electrons. The summed E-state index contributed by atoms with van der Waals surface area (Å²) in [7, 11) is 0. The van der Waals surface area contributed by atoms with E-state index in [9.17, 15) is 4.79 Å². The second kappa shape index (κ2) is 5.70. The molecule has 0 bridgehead atoms. The molecule has 16 heavy (non-hydrogen) atoms. The van der Waals surface area contributed by atoms with Gasteiger partial charge in [-0.05, 0) is 43.4 Å². The van der Waals surface area contributed by atoms with Crippen molar-refractivity contribution in [2.45, 2.75) is 59.8 Å². The molecule has 0 aromatic rings. The Morgan fingerprint density at radius 3 is 2.19 bits per heavy atom. The van der Waals surface area contributed by atoms with Gasteiger partial charge >= 0.3 is 0 Å². The molecular weight excluding hydrogens is 198 g/mol. The summed E-state index contributed by atoms with van der Waals surface area (Å²) in [5.41, 5.74) is 0.408. The van der Waals surface area contributed by atoms with Crippen LogP contribution in [0.25, 0.3) is 0 Å². The van der Waals surface area contributed by atoms with Crippen LogP contribution in [-0.2, 0) is 4.79 Å². The van der Waals surface area contributed by atoms with Crippen molar-refractivity contribution in [3.8, 4) is 0 Å². The predicted molar refractivity (Wildman–Crippen MR) is 68.2 cm³/mol. The zero-order valence-corrected chi connectivity index (χ0v) is 11.3. The maximum Gasteiger partial charge on any atom is 0.223 e. The van der Waals surface area contributed by atoms with Crippen LogP contribution in [0.3, 0.4) is 0 Å². The largest absolute Gasteiger partial charge is 0.356 e. The second-order valence-corrected chi connectivity index (χ2v) is 6.21. The average molecular weight is 225 g/mol. The number of carbonyl (C=O) groups excluding carboxylic acids is 1. The first-order valence-electron chi connectivity index (χ1n) is 6.73. The van der Waals surface area contributed by atoms with Crippen molar-refractivity contribution in [1.82, 2.24) is 5.32 Å². The molecule has 1 N–H and O–H groups in total. The number of amides is 1. The van der Waals surface area contributed by atoms with Gasteiger partial charge in [0.1, 0.15) is 0 Å². The Hall–Kier alpha value is -0.530. The minimum atomic E-state index is 0.283. The summed E-state index contributed by atoms with van der Waals surface area (Å²) in [6.45, 7) is 9.87. The molecule has 0 heterocycles. The first-order valence-corrected chi connectivity index (χ1v) is 6.73. The zero-order chi connectivity index (χ0) is 12.2. The molecule has 1 aliphatic carbocycles. The molecule has 0 aromatic carbocycles. The molecule has 2 nitrogen and oxygen atoms in total. The van der Waals surface area contributed by atoms with Crippen molar-refractivity contribution < 1.29 is 4.79 Å². The SMILES string of the molecule is CCCNC(=O)C1CCC(C(C)(C)C)CC1. The van der Waals surface area contributed by atoms with E-state index < -0.39 is 0 Å². The zero-order valence-electron chi connectivity index (χ0n) is 11.3. The van der Waals surface area contributed by atoms with Crippen LogP contribution < -0.4 is 5.32 Å². The van der Waals surface area contributed by atoms with Gasteiger partial charge in [0.15, 0.2) is 0 Å². The van der Waals surface area contributed by atoms with Gasteiger partial charge in [-0.1, -0.05) is 27.7 Å². The summed E-state index contributed by atoms with van der Waals surface area (Å²) in [5.74, 6) is 1.36. The quantitative estimate of drug-likeness (QED) is 0.784. The third kappa shape index (κ3) is 3.80. The van der Waals surface area contributed by atoms with E-state index in [0.717, 1.165) is 31.7 Å². The third-order valence-corrected chi connectivity index (χ3v) is 3.87. The van der Waals surface area contributed by atoms with Crippen LogP contribution in [0.2, 0.25) is 0 Å². The van der Waals surface area contributed by atoms with Crippen molar-refractivity contribution in [1.29, 1.82) is 0 Å². The molecule has 1 aliphatic rings. The number of hydrogen-bond acceptors (Lipinski definition) is 1. The van der Waals surface area contributed by atoms with Gasteiger partial charge in [0.25, 0.3) is 0 Å². The molecular formula is C14H27NO. The number of rotatable bonds is 3. The molecule has 0 aliphatic heterocycles. The lowest BCUT2D eigenvalue weighted by atomic mass is 9.69. The monoisotopic (exact) mass is 225 g/mol. The molecule has 1 amide bonds. The van der Waals surface area contributed by atoms with Crippen LogP contribution in [0.1, 0.15) is 59.8 Å². The number of carbonyl (C=O) groups is 1. The number of nitrogens with one attached hydrogen (secondary N) is 1. The normalized spacial score (nSPS) is 26.5. The minimum Gasteiger partial charge on any atom is -0.356 e. The molecule has 0 saturated heterocycles. The van der Waals surface area contributed by atoms with Crippen LogP contribution in [-0.4, -0.2) is 12.5 Å². The molecule has 94 valence electrons. The molecule has 1 saturated carbocycles. The molecule has 0 atom stereocenters. The van der Waals surface area contributed by atoms with Crippen molar-refractivity contribution in [2.24, 2.45) is 17.3 Å². The van der Waals surface area contributed by atoms with E-state index in [1.165, 1.54) is 12.8 Å². The van der Waals surface area contributed by atoms with Gasteiger partial charge < -0.3 is 5.32 Å². The predicted octanol–water partition coefficient (Wildman–Crippen LogP) is 3.37. The summed E-state index contributed by atoms with van der Waals surface area (Å²) in [6.07, 6.45) is 5.62. The van der Waals surface area contributed by atoms with Gasteiger partial charge in [-0.3, -0.25) is 4.79 Å². The second-order valence-electron chi connectivity index (χ2n) is 6.21. The Kier molecular flexibility index (Phi) is 4.82. The highest BCUT2D eigenvalue weighted by atomic mass is 16.1. The fourth-order valence-electron chi connectivity index (χ4n) is 2.61. The van der Waals surface area contributed by atoms with Gasteiger partial charge in [-0.15, -0.1) is 0 Å². The maximum atomic E-state index is 11.8. The lowest BCUT2D eigenvalue weighted by molar-refractivity contribution is -0.126. The summed E-state index contributed by atoms with van der Waals surface area (Å²) >= 11 is 0. The van der Waals surface area contributed by atoms with Crippen LogP contribution >= 0.6 is 0 Å². The molecule has 0 aromatic heterocycles. The highest BCUT2D eigenvalue weighted by Gasteiger charge is 2.31. The fraction of sp³-hybridized carbons (Fsp3) is 0.929. The van der Waals surface area contributed by atoms with Crippen LogP contribution in [0.4, 0.5) is 0 Å². The van der Waals surface area contributed by atoms with Crippen molar-refractivity contribution >= 4 is 5.91 Å². The highest BCUT2D eigenvalue weighted by molar-refractivity contribution is 5.78. The number of hydrogen-bond donors (Lipinski definition) is 1. The summed E-state index contributed by atoms with van der Waals surface area (Å²) < 4.78 is 0. The van der Waals surface area contributed by atoms with E-state index in [1.54, 1.807) is 0 Å². The van der Waals surface area contributed by atoms with E-state index in [2.05, 4.69) is 33.0 Å². The first kappa shape index (κ1) is 13.5. The topological polar surface area (TPSA) is 29.1 Å². The van der Waals surface area contributed by atoms with Gasteiger partial charge in [0.05, 0.1) is 0 Å². The van der Waals surface area contributed by atoms with Crippen LogP contribution in [0, 0.1) is 17.3 Å². The van der Waals surface area contributed by atoms with E-state index in [4.69, 9.17) is 0 Å². The van der Waals surface area contributed by atoms with Gasteiger partial charge in [0, 0.05) is 12.5 Å². The minimum absolute atomic E-state index is 0.283. The molecule has 0 unspecified atom stereocenters. The average Bonchev–Trinajstić information content (AvgIpc) is 2.25. The Labute approximate surface area is 100 Å². The maximum absolute atomic E-state index is 11.8. The van der Waals surface area contributed by atoms with Crippen molar-refractivity contribution in [2.75, 3.05) is 6.54 Å². The summed E-state index contributed by atoms with van der Waals surface area (Å²) in [5, 5.41) is 3.02. The van der Waals surface area contributed by atoms with Gasteiger partial charge in [-0.2, -0.15) is 0 Å².